The normalized spacial score (nSPS) is 16.8. The standard InChI is InChI=1S/C31H37ClN5O3S/c1-41(39,40)37(17-15-33)29-9-5-4-8-28(29)34-18-20-35(21-19-34)31(38)30(22-24-10-12-27(32)13-11-24)36-16-14-25-6-2-3-7-26(25)23-36/h2-13,16,30H,14-15,17-23,33H2,1H3/t30-/m1/s1. The molecule has 2 aliphatic heterocycles. The van der Waals surface area contributed by atoms with Gasteiger partial charge in [-0.2, -0.15) is 0 Å². The van der Waals surface area contributed by atoms with Crippen molar-refractivity contribution in [2.45, 2.75) is 25.4 Å². The summed E-state index contributed by atoms with van der Waals surface area (Å²) in [5.74, 6) is 0.101. The van der Waals surface area contributed by atoms with E-state index >= 15 is 0 Å². The van der Waals surface area contributed by atoms with E-state index in [-0.39, 0.29) is 25.0 Å². The monoisotopic (exact) mass is 594 g/mol. The van der Waals surface area contributed by atoms with Crippen LogP contribution in [0, 0.1) is 6.54 Å². The summed E-state index contributed by atoms with van der Waals surface area (Å²) in [6.07, 6.45) is 2.58. The van der Waals surface area contributed by atoms with E-state index in [1.165, 1.54) is 21.7 Å². The minimum absolute atomic E-state index is 0.101. The average molecular weight is 595 g/mol. The summed E-state index contributed by atoms with van der Waals surface area (Å²) in [6.45, 7) is 5.56. The maximum atomic E-state index is 14.1. The van der Waals surface area contributed by atoms with Gasteiger partial charge < -0.3 is 15.5 Å². The van der Waals surface area contributed by atoms with Gasteiger partial charge in [0.15, 0.2) is 0 Å². The van der Waals surface area contributed by atoms with Crippen molar-refractivity contribution in [1.82, 2.24) is 9.80 Å². The van der Waals surface area contributed by atoms with Crippen LogP contribution in [0.25, 0.3) is 0 Å². The number of para-hydroxylation sites is 2. The van der Waals surface area contributed by atoms with Gasteiger partial charge in [0, 0.05) is 57.4 Å². The smallest absolute Gasteiger partial charge is 0.240 e. The molecule has 0 saturated carbocycles. The summed E-state index contributed by atoms with van der Waals surface area (Å²) in [5.41, 5.74) is 10.8. The van der Waals surface area contributed by atoms with Crippen LogP contribution in [0.15, 0.2) is 72.8 Å². The fourth-order valence-corrected chi connectivity index (χ4v) is 6.79. The lowest BCUT2D eigenvalue weighted by Gasteiger charge is -2.41. The Morgan fingerprint density at radius 2 is 1.61 bits per heavy atom. The van der Waals surface area contributed by atoms with Crippen LogP contribution in [0.4, 0.5) is 11.4 Å². The molecule has 2 heterocycles. The molecule has 3 aromatic rings. The topological polar surface area (TPSA) is 90.2 Å². The van der Waals surface area contributed by atoms with Gasteiger partial charge in [-0.15, -0.1) is 0 Å². The van der Waals surface area contributed by atoms with Gasteiger partial charge in [-0.05, 0) is 53.8 Å². The van der Waals surface area contributed by atoms with Crippen molar-refractivity contribution in [3.8, 4) is 0 Å². The molecule has 5 rings (SSSR count). The molecule has 8 nitrogen and oxygen atoms in total. The number of carbonyl (C=O) groups is 1. The van der Waals surface area contributed by atoms with E-state index < -0.39 is 10.0 Å². The second-order valence-electron chi connectivity index (χ2n) is 10.6. The highest BCUT2D eigenvalue weighted by Gasteiger charge is 2.34. The zero-order valence-electron chi connectivity index (χ0n) is 23.3. The molecule has 1 radical (unpaired) electrons. The Hall–Kier alpha value is -3.11. The number of nitrogens with two attached hydrogens (primary N) is 1. The van der Waals surface area contributed by atoms with E-state index in [4.69, 9.17) is 17.3 Å². The Kier molecular flexibility index (Phi) is 9.19. The Balaban J connectivity index is 1.34. The summed E-state index contributed by atoms with van der Waals surface area (Å²) < 4.78 is 26.5. The van der Waals surface area contributed by atoms with Crippen molar-refractivity contribution in [2.24, 2.45) is 5.73 Å². The molecular weight excluding hydrogens is 558 g/mol. The van der Waals surface area contributed by atoms with E-state index in [1.807, 2.05) is 59.5 Å². The average Bonchev–Trinajstić information content (AvgIpc) is 2.98. The predicted molar refractivity (Wildman–Crippen MR) is 165 cm³/mol. The second kappa shape index (κ2) is 12.8. The highest BCUT2D eigenvalue weighted by molar-refractivity contribution is 7.92. The van der Waals surface area contributed by atoms with Crippen LogP contribution in [-0.2, 0) is 34.2 Å². The van der Waals surface area contributed by atoms with Gasteiger partial charge in [-0.3, -0.25) is 14.0 Å². The molecule has 41 heavy (non-hydrogen) atoms. The first kappa shape index (κ1) is 29.4. The fraction of sp³-hybridized carbons (Fsp3) is 0.355. The first-order valence-corrected chi connectivity index (χ1v) is 16.2. The lowest BCUT2D eigenvalue weighted by atomic mass is 9.95. The quantitative estimate of drug-likeness (QED) is 0.408. The van der Waals surface area contributed by atoms with Gasteiger partial charge in [-0.25, -0.2) is 8.42 Å². The number of hydrogen-bond acceptors (Lipinski definition) is 6. The van der Waals surface area contributed by atoms with E-state index in [0.29, 0.717) is 49.9 Å². The Labute approximate surface area is 248 Å². The molecular formula is C31H37ClN5O3S. The maximum Gasteiger partial charge on any atom is 0.240 e. The van der Waals surface area contributed by atoms with Crippen molar-refractivity contribution >= 4 is 38.9 Å². The molecule has 0 unspecified atom stereocenters. The largest absolute Gasteiger partial charge is 0.366 e. The van der Waals surface area contributed by atoms with Crippen LogP contribution in [0.2, 0.25) is 5.02 Å². The predicted octanol–water partition coefficient (Wildman–Crippen LogP) is 3.54. The van der Waals surface area contributed by atoms with Crippen LogP contribution < -0.4 is 14.9 Å². The van der Waals surface area contributed by atoms with Crippen LogP contribution in [-0.4, -0.2) is 75.7 Å². The third-order valence-electron chi connectivity index (χ3n) is 7.86. The van der Waals surface area contributed by atoms with Crippen LogP contribution in [0.5, 0.6) is 0 Å². The first-order chi connectivity index (χ1) is 19.7. The third kappa shape index (κ3) is 6.86. The Morgan fingerprint density at radius 3 is 2.29 bits per heavy atom. The number of hydrogen-bond donors (Lipinski definition) is 1. The van der Waals surface area contributed by atoms with Crippen molar-refractivity contribution in [3.63, 3.8) is 0 Å². The molecule has 0 bridgehead atoms. The van der Waals surface area contributed by atoms with Gasteiger partial charge in [0.05, 0.1) is 23.7 Å². The van der Waals surface area contributed by atoms with Gasteiger partial charge in [0.2, 0.25) is 15.9 Å². The summed E-state index contributed by atoms with van der Waals surface area (Å²) in [7, 11) is -3.50. The molecule has 1 atom stereocenters. The molecule has 3 aromatic carbocycles. The summed E-state index contributed by atoms with van der Waals surface area (Å²) in [4.78, 5) is 20.4. The first-order valence-electron chi connectivity index (χ1n) is 14.0. The summed E-state index contributed by atoms with van der Waals surface area (Å²) >= 11 is 6.14. The van der Waals surface area contributed by atoms with Crippen molar-refractivity contribution in [2.75, 3.05) is 54.7 Å². The number of nitrogens with zero attached hydrogens (tertiary/aromatic N) is 4. The minimum atomic E-state index is -3.50. The molecule has 0 spiro atoms. The number of sulfonamides is 1. The lowest BCUT2D eigenvalue weighted by molar-refractivity contribution is -0.137. The molecule has 1 saturated heterocycles. The number of amides is 1. The van der Waals surface area contributed by atoms with Crippen molar-refractivity contribution < 1.29 is 13.2 Å². The van der Waals surface area contributed by atoms with E-state index in [1.54, 1.807) is 0 Å². The minimum Gasteiger partial charge on any atom is -0.366 e. The van der Waals surface area contributed by atoms with Gasteiger partial charge in [-0.1, -0.05) is 60.1 Å². The number of benzene rings is 3. The SMILES string of the molecule is CS(=O)(=O)N(CCN)c1ccccc1N1CCN(C(=O)[C@@H](Cc2ccc(Cl)cc2)N2[CH]Cc3ccccc3C2)CC1. The molecule has 1 fully saturated rings. The molecule has 10 heteroatoms. The van der Waals surface area contributed by atoms with Crippen LogP contribution >= 0.6 is 11.6 Å². The van der Waals surface area contributed by atoms with Crippen molar-refractivity contribution in [3.05, 3.63) is 101 Å². The molecule has 2 aliphatic rings. The number of anilines is 2. The van der Waals surface area contributed by atoms with Crippen LogP contribution in [0.1, 0.15) is 16.7 Å². The Morgan fingerprint density at radius 1 is 0.951 bits per heavy atom. The van der Waals surface area contributed by atoms with Crippen molar-refractivity contribution in [1.29, 1.82) is 0 Å². The third-order valence-corrected chi connectivity index (χ3v) is 9.29. The zero-order chi connectivity index (χ0) is 29.0. The van der Waals surface area contributed by atoms with E-state index in [2.05, 4.69) is 34.5 Å². The highest BCUT2D eigenvalue weighted by atomic mass is 35.5. The van der Waals surface area contributed by atoms with Gasteiger partial charge in [0.1, 0.15) is 0 Å². The number of rotatable bonds is 9. The maximum absolute atomic E-state index is 14.1. The molecule has 1 amide bonds. The highest BCUT2D eigenvalue weighted by Crippen LogP contribution is 2.32. The number of piperazine rings is 1. The number of fused-ring (bicyclic) bond motifs is 1. The van der Waals surface area contributed by atoms with Gasteiger partial charge in [0.25, 0.3) is 0 Å². The fourth-order valence-electron chi connectivity index (χ4n) is 5.72. The number of carbonyl (C=O) groups excluding carboxylic acids is 1. The molecule has 2 N–H and O–H groups in total. The summed E-state index contributed by atoms with van der Waals surface area (Å²) in [5, 5.41) is 0.674. The van der Waals surface area contributed by atoms with E-state index in [9.17, 15) is 13.2 Å². The molecule has 0 aromatic heterocycles. The second-order valence-corrected chi connectivity index (χ2v) is 12.9. The van der Waals surface area contributed by atoms with Crippen LogP contribution in [0.3, 0.4) is 0 Å². The Bertz CT molecular complexity index is 1460. The lowest BCUT2D eigenvalue weighted by Crippen LogP contribution is -2.55. The van der Waals surface area contributed by atoms with E-state index in [0.717, 1.165) is 17.7 Å². The molecule has 0 aliphatic carbocycles. The summed E-state index contributed by atoms with van der Waals surface area (Å²) in [6, 6.07) is 23.3. The number of halogens is 1. The zero-order valence-corrected chi connectivity index (χ0v) is 24.9. The van der Waals surface area contributed by atoms with Gasteiger partial charge >= 0.3 is 0 Å². The molecule has 217 valence electrons.